The molecule has 1 heterocycles. The van der Waals surface area contributed by atoms with Crippen molar-refractivity contribution in [2.45, 2.75) is 19.4 Å². The smallest absolute Gasteiger partial charge is 0.200 e. The van der Waals surface area contributed by atoms with E-state index in [4.69, 9.17) is 16.5 Å². The van der Waals surface area contributed by atoms with Crippen LogP contribution < -0.4 is 0 Å². The standard InChI is InChI=1S/C10H20ClN2O/c1-6-9-12(11)10(2,8-14-9)7-13(3,4)5/h6H,7-8H2,1-5H3/q+1. The average Bonchev–Trinajstić information content (AvgIpc) is 2.26. The van der Waals surface area contributed by atoms with E-state index in [0.717, 1.165) is 16.9 Å². The molecule has 1 aliphatic heterocycles. The van der Waals surface area contributed by atoms with Crippen molar-refractivity contribution in [3.8, 4) is 0 Å². The fraction of sp³-hybridized carbons (Fsp3) is 0.800. The molecule has 0 saturated carbocycles. The van der Waals surface area contributed by atoms with E-state index in [1.165, 1.54) is 0 Å². The molecule has 3 nitrogen and oxygen atoms in total. The molecule has 82 valence electrons. The second kappa shape index (κ2) is 3.63. The molecule has 14 heavy (non-hydrogen) atoms. The van der Waals surface area contributed by atoms with Crippen molar-refractivity contribution in [3.63, 3.8) is 0 Å². The number of nitrogens with zero attached hydrogens (tertiary/aromatic N) is 2. The van der Waals surface area contributed by atoms with Crippen molar-refractivity contribution in [2.75, 3.05) is 34.3 Å². The van der Waals surface area contributed by atoms with Gasteiger partial charge in [-0.1, -0.05) is 0 Å². The molecule has 0 aromatic heterocycles. The van der Waals surface area contributed by atoms with Gasteiger partial charge in [0.05, 0.1) is 21.1 Å². The molecule has 4 heteroatoms. The van der Waals surface area contributed by atoms with Crippen LogP contribution in [0.15, 0.2) is 12.0 Å². The molecule has 0 aromatic carbocycles. The maximum atomic E-state index is 6.22. The number of quaternary nitrogens is 1. The lowest BCUT2D eigenvalue weighted by Crippen LogP contribution is -2.52. The van der Waals surface area contributed by atoms with E-state index < -0.39 is 0 Å². The minimum atomic E-state index is -0.109. The zero-order valence-electron chi connectivity index (χ0n) is 9.67. The Morgan fingerprint density at radius 3 is 2.50 bits per heavy atom. The Morgan fingerprint density at radius 1 is 1.57 bits per heavy atom. The highest BCUT2D eigenvalue weighted by atomic mass is 35.5. The fourth-order valence-electron chi connectivity index (χ4n) is 1.94. The molecule has 0 radical (unpaired) electrons. The molecule has 0 spiro atoms. The molecule has 1 rings (SSSR count). The van der Waals surface area contributed by atoms with E-state index in [1.807, 2.05) is 13.0 Å². The molecule has 0 aliphatic carbocycles. The molecule has 0 bridgehead atoms. The van der Waals surface area contributed by atoms with Crippen LogP contribution in [-0.2, 0) is 4.74 Å². The Hall–Kier alpha value is -0.410. The van der Waals surface area contributed by atoms with Crippen LogP contribution >= 0.6 is 11.8 Å². The van der Waals surface area contributed by atoms with Crippen LogP contribution in [0.3, 0.4) is 0 Å². The molecule has 0 N–H and O–H groups in total. The topological polar surface area (TPSA) is 12.5 Å². The van der Waals surface area contributed by atoms with Crippen LogP contribution in [0.2, 0.25) is 0 Å². The molecule has 1 unspecified atom stereocenters. The Morgan fingerprint density at radius 2 is 2.14 bits per heavy atom. The first-order chi connectivity index (χ1) is 6.28. The zero-order chi connectivity index (χ0) is 11.0. The second-order valence-corrected chi connectivity index (χ2v) is 5.48. The van der Waals surface area contributed by atoms with E-state index in [1.54, 1.807) is 4.42 Å². The monoisotopic (exact) mass is 219 g/mol. The number of allylic oxidation sites excluding steroid dienone is 1. The van der Waals surface area contributed by atoms with Crippen LogP contribution in [0.5, 0.6) is 0 Å². The highest BCUT2D eigenvalue weighted by Gasteiger charge is 2.44. The van der Waals surface area contributed by atoms with Gasteiger partial charge >= 0.3 is 0 Å². The largest absolute Gasteiger partial charge is 0.476 e. The third-order valence-electron chi connectivity index (χ3n) is 2.26. The van der Waals surface area contributed by atoms with Crippen molar-refractivity contribution in [2.24, 2.45) is 0 Å². The van der Waals surface area contributed by atoms with Crippen molar-refractivity contribution in [3.05, 3.63) is 12.0 Å². The summed E-state index contributed by atoms with van der Waals surface area (Å²) >= 11 is 6.22. The molecule has 1 aliphatic rings. The Labute approximate surface area is 91.6 Å². The number of halogens is 1. The highest BCUT2D eigenvalue weighted by Crippen LogP contribution is 2.33. The van der Waals surface area contributed by atoms with Crippen LogP contribution in [0.1, 0.15) is 13.8 Å². The summed E-state index contributed by atoms with van der Waals surface area (Å²) < 4.78 is 8.11. The fourth-order valence-corrected chi connectivity index (χ4v) is 2.18. The Bertz CT molecular complexity index is 247. The van der Waals surface area contributed by atoms with Gasteiger partial charge in [-0.05, 0) is 19.9 Å². The summed E-state index contributed by atoms with van der Waals surface area (Å²) in [7, 11) is 6.47. The molecule has 1 saturated heterocycles. The van der Waals surface area contributed by atoms with E-state index in [0.29, 0.717) is 6.61 Å². The summed E-state index contributed by atoms with van der Waals surface area (Å²) in [5.41, 5.74) is -0.109. The quantitative estimate of drug-likeness (QED) is 0.519. The summed E-state index contributed by atoms with van der Waals surface area (Å²) in [6.07, 6.45) is 1.90. The predicted octanol–water partition coefficient (Wildman–Crippen LogP) is 1.80. The predicted molar refractivity (Wildman–Crippen MR) is 58.7 cm³/mol. The summed E-state index contributed by atoms with van der Waals surface area (Å²) in [5.74, 6) is 0.766. The molecule has 1 fully saturated rings. The van der Waals surface area contributed by atoms with Crippen molar-refractivity contribution in [1.82, 2.24) is 4.42 Å². The van der Waals surface area contributed by atoms with Gasteiger partial charge < -0.3 is 9.22 Å². The maximum Gasteiger partial charge on any atom is 0.200 e. The van der Waals surface area contributed by atoms with Gasteiger partial charge in [0.15, 0.2) is 0 Å². The third-order valence-corrected chi connectivity index (χ3v) is 2.84. The van der Waals surface area contributed by atoms with Gasteiger partial charge in [-0.2, -0.15) is 0 Å². The van der Waals surface area contributed by atoms with Gasteiger partial charge in [-0.3, -0.25) is 0 Å². The van der Waals surface area contributed by atoms with Crippen LogP contribution in [0, 0.1) is 0 Å². The summed E-state index contributed by atoms with van der Waals surface area (Å²) in [6.45, 7) is 5.67. The first-order valence-corrected chi connectivity index (χ1v) is 5.18. The van der Waals surface area contributed by atoms with E-state index >= 15 is 0 Å². The summed E-state index contributed by atoms with van der Waals surface area (Å²) in [4.78, 5) is 0. The Kier molecular flexibility index (Phi) is 3.02. The number of likely N-dealkylation sites (N-methyl/N-ethyl adjacent to an activating group) is 1. The number of hydrogen-bond acceptors (Lipinski definition) is 2. The maximum absolute atomic E-state index is 6.22. The van der Waals surface area contributed by atoms with Crippen LogP contribution in [-0.4, -0.2) is 48.7 Å². The van der Waals surface area contributed by atoms with Gasteiger partial charge in [-0.25, -0.2) is 4.42 Å². The zero-order valence-corrected chi connectivity index (χ0v) is 10.4. The lowest BCUT2D eigenvalue weighted by molar-refractivity contribution is -0.874. The Balaban J connectivity index is 2.78. The first-order valence-electron chi connectivity index (χ1n) is 4.84. The highest BCUT2D eigenvalue weighted by molar-refractivity contribution is 6.15. The van der Waals surface area contributed by atoms with Gasteiger partial charge in [0, 0.05) is 11.8 Å². The SMILES string of the molecule is CC=C1OCC(C)(C[N+](C)(C)C)N1Cl. The molecule has 1 atom stereocenters. The number of hydrogen-bond donors (Lipinski definition) is 0. The minimum absolute atomic E-state index is 0.109. The van der Waals surface area contributed by atoms with Gasteiger partial charge in [0.1, 0.15) is 18.7 Å². The molecular formula is C10H20ClN2O+. The van der Waals surface area contributed by atoms with E-state index in [2.05, 4.69) is 28.1 Å². The van der Waals surface area contributed by atoms with Crippen molar-refractivity contribution < 1.29 is 9.22 Å². The van der Waals surface area contributed by atoms with Crippen LogP contribution in [0.4, 0.5) is 0 Å². The molecule has 0 amide bonds. The second-order valence-electron chi connectivity index (χ2n) is 5.14. The molecule has 0 aromatic rings. The van der Waals surface area contributed by atoms with E-state index in [-0.39, 0.29) is 5.54 Å². The third kappa shape index (κ3) is 2.34. The number of rotatable bonds is 2. The lowest BCUT2D eigenvalue weighted by atomic mass is 10.0. The van der Waals surface area contributed by atoms with Gasteiger partial charge in [0.2, 0.25) is 5.88 Å². The molecular weight excluding hydrogens is 200 g/mol. The summed E-state index contributed by atoms with van der Waals surface area (Å²) in [5, 5.41) is 0. The first kappa shape index (κ1) is 11.7. The van der Waals surface area contributed by atoms with Gasteiger partial charge in [-0.15, -0.1) is 0 Å². The average molecular weight is 220 g/mol. The van der Waals surface area contributed by atoms with Gasteiger partial charge in [0.25, 0.3) is 0 Å². The van der Waals surface area contributed by atoms with Crippen molar-refractivity contribution >= 4 is 11.8 Å². The number of ether oxygens (including phenoxy) is 1. The van der Waals surface area contributed by atoms with Crippen LogP contribution in [0.25, 0.3) is 0 Å². The summed E-state index contributed by atoms with van der Waals surface area (Å²) in [6, 6.07) is 0. The van der Waals surface area contributed by atoms with Crippen molar-refractivity contribution in [1.29, 1.82) is 0 Å². The normalized spacial score (nSPS) is 31.0. The lowest BCUT2D eigenvalue weighted by Gasteiger charge is -2.35. The minimum Gasteiger partial charge on any atom is -0.476 e. The van der Waals surface area contributed by atoms with E-state index in [9.17, 15) is 0 Å².